The number of rotatable bonds is 2. The first-order valence-corrected chi connectivity index (χ1v) is 6.80. The summed E-state index contributed by atoms with van der Waals surface area (Å²) in [6, 6.07) is 15.6. The molecule has 1 heteroatoms. The molecule has 0 N–H and O–H groups in total. The zero-order valence-corrected chi connectivity index (χ0v) is 12.1. The van der Waals surface area contributed by atoms with Gasteiger partial charge >= 0.3 is 0 Å². The summed E-state index contributed by atoms with van der Waals surface area (Å²) in [6.07, 6.45) is 0. The van der Waals surface area contributed by atoms with Crippen LogP contribution in [0.5, 0.6) is 0 Å². The first kappa shape index (κ1) is 14.1. The molecule has 0 amide bonds. The molecule has 0 aliphatic rings. The van der Waals surface area contributed by atoms with Crippen molar-refractivity contribution in [2.45, 2.75) is 20.8 Å². The Morgan fingerprint density at radius 3 is 2.25 bits per heavy atom. The molecule has 0 radical (unpaired) electrons. The molecule has 2 rings (SSSR count). The molecule has 0 aliphatic heterocycles. The van der Waals surface area contributed by atoms with E-state index in [0.717, 1.165) is 11.1 Å². The second-order valence-corrected chi connectivity index (χ2v) is 5.18. The second kappa shape index (κ2) is 6.21. The highest BCUT2D eigenvalue weighted by Gasteiger charge is 2.12. The molecule has 1 nitrogen and oxygen atoms in total. The van der Waals surface area contributed by atoms with Crippen LogP contribution in [0.15, 0.2) is 48.5 Å². The summed E-state index contributed by atoms with van der Waals surface area (Å²) >= 11 is 0. The van der Waals surface area contributed by atoms with Crippen LogP contribution in [0.2, 0.25) is 0 Å². The summed E-state index contributed by atoms with van der Waals surface area (Å²) in [4.78, 5) is 12.2. The average Bonchev–Trinajstić information content (AvgIpc) is 2.46. The Morgan fingerprint density at radius 2 is 1.60 bits per heavy atom. The molecule has 0 aromatic heterocycles. The summed E-state index contributed by atoms with van der Waals surface area (Å²) in [5, 5.41) is 0. The molecular weight excluding hydrogens is 244 g/mol. The van der Waals surface area contributed by atoms with Gasteiger partial charge in [-0.05, 0) is 25.1 Å². The lowest BCUT2D eigenvalue weighted by Gasteiger charge is -2.06. The van der Waals surface area contributed by atoms with E-state index in [1.54, 1.807) is 0 Å². The molecule has 0 unspecified atom stereocenters. The fraction of sp³-hybridized carbons (Fsp3) is 0.211. The number of aryl methyl sites for hydroxylation is 1. The van der Waals surface area contributed by atoms with Gasteiger partial charge in [-0.1, -0.05) is 61.6 Å². The molecule has 100 valence electrons. The van der Waals surface area contributed by atoms with E-state index in [9.17, 15) is 4.79 Å². The van der Waals surface area contributed by atoms with E-state index in [1.165, 1.54) is 5.56 Å². The number of carbonyl (C=O) groups is 1. The SMILES string of the molecule is Cc1ccc(C#Cc2ccccc2C(=O)C(C)C)cc1. The van der Waals surface area contributed by atoms with Crippen molar-refractivity contribution in [2.24, 2.45) is 5.92 Å². The number of carbonyl (C=O) groups excluding carboxylic acids is 1. The summed E-state index contributed by atoms with van der Waals surface area (Å²) in [7, 11) is 0. The normalized spacial score (nSPS) is 10.0. The van der Waals surface area contributed by atoms with Crippen molar-refractivity contribution in [2.75, 3.05) is 0 Å². The van der Waals surface area contributed by atoms with Gasteiger partial charge in [-0.2, -0.15) is 0 Å². The van der Waals surface area contributed by atoms with Crippen LogP contribution in [0.3, 0.4) is 0 Å². The number of hydrogen-bond acceptors (Lipinski definition) is 1. The highest BCUT2D eigenvalue weighted by atomic mass is 16.1. The highest BCUT2D eigenvalue weighted by molar-refractivity contribution is 5.99. The van der Waals surface area contributed by atoms with E-state index in [2.05, 4.69) is 11.8 Å². The van der Waals surface area contributed by atoms with E-state index < -0.39 is 0 Å². The zero-order valence-electron chi connectivity index (χ0n) is 12.1. The fourth-order valence-corrected chi connectivity index (χ4v) is 1.89. The number of benzene rings is 2. The number of hydrogen-bond donors (Lipinski definition) is 0. The van der Waals surface area contributed by atoms with Crippen LogP contribution in [0.1, 0.15) is 40.9 Å². The van der Waals surface area contributed by atoms with E-state index in [0.29, 0.717) is 5.56 Å². The Morgan fingerprint density at radius 1 is 0.950 bits per heavy atom. The minimum absolute atomic E-state index is 0.0164. The highest BCUT2D eigenvalue weighted by Crippen LogP contribution is 2.13. The summed E-state index contributed by atoms with van der Waals surface area (Å²) in [6.45, 7) is 5.87. The third-order valence-electron chi connectivity index (χ3n) is 3.11. The van der Waals surface area contributed by atoms with E-state index in [-0.39, 0.29) is 11.7 Å². The molecule has 0 spiro atoms. The van der Waals surface area contributed by atoms with Crippen molar-refractivity contribution in [3.63, 3.8) is 0 Å². The molecule has 2 aromatic rings. The molecule has 0 fully saturated rings. The van der Waals surface area contributed by atoms with Crippen LogP contribution in [0.4, 0.5) is 0 Å². The minimum atomic E-state index is -0.0164. The lowest BCUT2D eigenvalue weighted by molar-refractivity contribution is 0.0939. The van der Waals surface area contributed by atoms with E-state index in [4.69, 9.17) is 0 Å². The van der Waals surface area contributed by atoms with E-state index in [1.807, 2.05) is 69.3 Å². The maximum absolute atomic E-state index is 12.2. The molecule has 2 aromatic carbocycles. The van der Waals surface area contributed by atoms with Crippen LogP contribution >= 0.6 is 0 Å². The van der Waals surface area contributed by atoms with Crippen molar-refractivity contribution in [3.05, 3.63) is 70.8 Å². The topological polar surface area (TPSA) is 17.1 Å². The molecular formula is C19H18O. The maximum Gasteiger partial charge on any atom is 0.166 e. The molecule has 0 saturated heterocycles. The van der Waals surface area contributed by atoms with Gasteiger partial charge in [0, 0.05) is 22.6 Å². The minimum Gasteiger partial charge on any atom is -0.294 e. The first-order chi connectivity index (χ1) is 9.58. The Bertz CT molecular complexity index is 667. The maximum atomic E-state index is 12.2. The van der Waals surface area contributed by atoms with Crippen molar-refractivity contribution >= 4 is 5.78 Å². The standard InChI is InChI=1S/C19H18O/c1-14(2)19(20)18-7-5-4-6-17(18)13-12-16-10-8-15(3)9-11-16/h4-11,14H,1-3H3. The van der Waals surface area contributed by atoms with Gasteiger partial charge in [-0.15, -0.1) is 0 Å². The lowest BCUT2D eigenvalue weighted by atomic mass is 9.96. The van der Waals surface area contributed by atoms with Gasteiger partial charge in [-0.25, -0.2) is 0 Å². The zero-order chi connectivity index (χ0) is 14.5. The van der Waals surface area contributed by atoms with Gasteiger partial charge in [0.05, 0.1) is 0 Å². The second-order valence-electron chi connectivity index (χ2n) is 5.18. The Kier molecular flexibility index (Phi) is 4.38. The third-order valence-corrected chi connectivity index (χ3v) is 3.11. The summed E-state index contributed by atoms with van der Waals surface area (Å²) < 4.78 is 0. The average molecular weight is 262 g/mol. The monoisotopic (exact) mass is 262 g/mol. The molecule has 0 saturated carbocycles. The van der Waals surface area contributed by atoms with Gasteiger partial charge in [0.25, 0.3) is 0 Å². The van der Waals surface area contributed by atoms with Gasteiger partial charge in [-0.3, -0.25) is 4.79 Å². The fourth-order valence-electron chi connectivity index (χ4n) is 1.89. The molecule has 0 atom stereocenters. The van der Waals surface area contributed by atoms with Gasteiger partial charge < -0.3 is 0 Å². The van der Waals surface area contributed by atoms with E-state index >= 15 is 0 Å². The Balaban J connectivity index is 2.35. The molecule has 0 heterocycles. The lowest BCUT2D eigenvalue weighted by Crippen LogP contribution is -2.09. The quantitative estimate of drug-likeness (QED) is 0.584. The number of Topliss-reactive ketones (excluding diaryl/α,β-unsaturated/α-hetero) is 1. The molecule has 0 aliphatic carbocycles. The first-order valence-electron chi connectivity index (χ1n) is 6.80. The summed E-state index contributed by atoms with van der Waals surface area (Å²) in [5.74, 6) is 6.36. The van der Waals surface area contributed by atoms with Crippen molar-refractivity contribution in [1.82, 2.24) is 0 Å². The van der Waals surface area contributed by atoms with Crippen molar-refractivity contribution in [1.29, 1.82) is 0 Å². The predicted molar refractivity (Wildman–Crippen MR) is 82.8 cm³/mol. The van der Waals surface area contributed by atoms with Gasteiger partial charge in [0.15, 0.2) is 5.78 Å². The van der Waals surface area contributed by atoms with Crippen LogP contribution in [0, 0.1) is 24.7 Å². The van der Waals surface area contributed by atoms with Crippen LogP contribution in [0.25, 0.3) is 0 Å². The van der Waals surface area contributed by atoms with Gasteiger partial charge in [0.2, 0.25) is 0 Å². The molecule has 0 bridgehead atoms. The van der Waals surface area contributed by atoms with Crippen molar-refractivity contribution < 1.29 is 4.79 Å². The number of ketones is 1. The Labute approximate surface area is 120 Å². The predicted octanol–water partition coefficient (Wildman–Crippen LogP) is 4.23. The van der Waals surface area contributed by atoms with Gasteiger partial charge in [0.1, 0.15) is 0 Å². The largest absolute Gasteiger partial charge is 0.294 e. The molecule has 20 heavy (non-hydrogen) atoms. The van der Waals surface area contributed by atoms with Crippen LogP contribution < -0.4 is 0 Å². The van der Waals surface area contributed by atoms with Crippen molar-refractivity contribution in [3.8, 4) is 11.8 Å². The smallest absolute Gasteiger partial charge is 0.166 e. The summed E-state index contributed by atoms with van der Waals surface area (Å²) in [5.41, 5.74) is 3.68. The van der Waals surface area contributed by atoms with Crippen LogP contribution in [-0.2, 0) is 0 Å². The third kappa shape index (κ3) is 3.36. The van der Waals surface area contributed by atoms with Crippen LogP contribution in [-0.4, -0.2) is 5.78 Å². The Hall–Kier alpha value is -2.33.